The van der Waals surface area contributed by atoms with E-state index in [-0.39, 0.29) is 0 Å². The number of benzene rings is 7. The molecule has 10 rings (SSSR count). The topological polar surface area (TPSA) is 51.8 Å². The van der Waals surface area contributed by atoms with Crippen molar-refractivity contribution >= 4 is 40.4 Å². The lowest BCUT2D eigenvalue weighted by atomic mass is 9.96. The van der Waals surface area contributed by atoms with Crippen molar-refractivity contribution in [3.8, 4) is 67.5 Å². The highest BCUT2D eigenvalue weighted by molar-refractivity contribution is 7.03. The predicted molar refractivity (Wildman–Crippen MR) is 216 cm³/mol. The molecule has 0 aliphatic carbocycles. The van der Waals surface area contributed by atoms with Gasteiger partial charge in [-0.15, -0.1) is 0 Å². The number of fused-ring (bicyclic) bond motifs is 6. The Morgan fingerprint density at radius 1 is 0.404 bits per heavy atom. The highest BCUT2D eigenvalue weighted by Gasteiger charge is 2.38. The molecule has 9 aromatic rings. The van der Waals surface area contributed by atoms with E-state index in [1.807, 2.05) is 36.4 Å². The number of rotatable bonds is 5. The number of aromatic nitrogens is 3. The zero-order valence-corrected chi connectivity index (χ0v) is 29.8. The van der Waals surface area contributed by atoms with E-state index < -0.39 is 8.07 Å². The first-order valence-electron chi connectivity index (χ1n) is 17.7. The van der Waals surface area contributed by atoms with Gasteiger partial charge in [0.25, 0.3) is 0 Å². The van der Waals surface area contributed by atoms with Crippen LogP contribution in [0.25, 0.3) is 89.5 Å². The molecule has 5 heteroatoms. The molecule has 2 aromatic heterocycles. The van der Waals surface area contributed by atoms with Crippen LogP contribution < -0.4 is 10.4 Å². The smallest absolute Gasteiger partial charge is 0.164 e. The first-order valence-corrected chi connectivity index (χ1v) is 20.7. The van der Waals surface area contributed by atoms with Crippen molar-refractivity contribution in [2.45, 2.75) is 13.1 Å². The second kappa shape index (κ2) is 11.8. The molecular formula is C47H33N3OSi. The fourth-order valence-electron chi connectivity index (χ4n) is 7.90. The van der Waals surface area contributed by atoms with E-state index in [0.717, 1.165) is 49.8 Å². The molecule has 4 nitrogen and oxygen atoms in total. The lowest BCUT2D eigenvalue weighted by Gasteiger charge is -2.20. The maximum Gasteiger partial charge on any atom is 0.164 e. The summed E-state index contributed by atoms with van der Waals surface area (Å²) in [6.07, 6.45) is 0. The van der Waals surface area contributed by atoms with Crippen molar-refractivity contribution in [1.82, 2.24) is 15.0 Å². The molecule has 0 amide bonds. The molecule has 0 saturated carbocycles. The molecular weight excluding hydrogens is 651 g/mol. The lowest BCUT2D eigenvalue weighted by molar-refractivity contribution is 0.670. The van der Waals surface area contributed by atoms with Gasteiger partial charge in [-0.05, 0) is 56.4 Å². The molecule has 3 heterocycles. The number of hydrogen-bond acceptors (Lipinski definition) is 4. The van der Waals surface area contributed by atoms with Crippen LogP contribution in [0.5, 0.6) is 0 Å². The Morgan fingerprint density at radius 3 is 1.62 bits per heavy atom. The van der Waals surface area contributed by atoms with Crippen LogP contribution in [-0.4, -0.2) is 23.0 Å². The van der Waals surface area contributed by atoms with E-state index >= 15 is 0 Å². The number of nitrogens with zero attached hydrogens (tertiary/aromatic N) is 3. The van der Waals surface area contributed by atoms with Crippen LogP contribution in [0.1, 0.15) is 0 Å². The van der Waals surface area contributed by atoms with Crippen LogP contribution in [0, 0.1) is 0 Å². The summed E-state index contributed by atoms with van der Waals surface area (Å²) in [5.41, 5.74) is 11.7. The summed E-state index contributed by atoms with van der Waals surface area (Å²) in [5.74, 6) is 1.90. The summed E-state index contributed by atoms with van der Waals surface area (Å²) in [6.45, 7) is 4.91. The van der Waals surface area contributed by atoms with Gasteiger partial charge in [0.2, 0.25) is 0 Å². The van der Waals surface area contributed by atoms with Gasteiger partial charge >= 0.3 is 0 Å². The van der Waals surface area contributed by atoms with E-state index in [2.05, 4.69) is 140 Å². The summed E-state index contributed by atoms with van der Waals surface area (Å²) >= 11 is 0. The normalized spacial score (nSPS) is 13.0. The van der Waals surface area contributed by atoms with Crippen molar-refractivity contribution < 1.29 is 4.42 Å². The largest absolute Gasteiger partial charge is 0.455 e. The summed E-state index contributed by atoms with van der Waals surface area (Å²) in [6, 6.07) is 57.5. The van der Waals surface area contributed by atoms with Gasteiger partial charge in [-0.3, -0.25) is 0 Å². The van der Waals surface area contributed by atoms with Gasteiger partial charge < -0.3 is 4.42 Å². The molecule has 1 aliphatic rings. The van der Waals surface area contributed by atoms with Crippen molar-refractivity contribution in [1.29, 1.82) is 0 Å². The first kappa shape index (κ1) is 30.4. The predicted octanol–water partition coefficient (Wildman–Crippen LogP) is 10.9. The fourth-order valence-corrected chi connectivity index (χ4v) is 11.0. The van der Waals surface area contributed by atoms with Crippen LogP contribution in [0.2, 0.25) is 13.1 Å². The quantitative estimate of drug-likeness (QED) is 0.169. The van der Waals surface area contributed by atoms with E-state index in [4.69, 9.17) is 19.4 Å². The molecule has 0 atom stereocenters. The van der Waals surface area contributed by atoms with E-state index in [0.29, 0.717) is 17.5 Å². The monoisotopic (exact) mass is 683 g/mol. The molecule has 0 unspecified atom stereocenters. The van der Waals surface area contributed by atoms with Gasteiger partial charge in [0.05, 0.1) is 0 Å². The molecule has 0 fully saturated rings. The minimum atomic E-state index is -2.05. The molecule has 1 aliphatic heterocycles. The fraction of sp³-hybridized carbons (Fsp3) is 0.0426. The van der Waals surface area contributed by atoms with Crippen LogP contribution >= 0.6 is 0 Å². The maximum atomic E-state index is 6.60. The standard InChI is InChI=1S/C47H33N3OSi/c1-52(2)41-28-33(30-14-6-3-7-15-30)22-24-36(41)37-25-23-34(29-42(37)52)46-48-45(32-18-10-5-11-19-32)49-47(50-46)39-27-26-38-35-20-12-13-21-40(35)51-44(38)43(39)31-16-8-4-9-17-31/h3-29H,1-2H3. The third-order valence-electron chi connectivity index (χ3n) is 10.6. The number of furan rings is 1. The molecule has 0 radical (unpaired) electrons. The zero-order chi connectivity index (χ0) is 34.8. The number of para-hydroxylation sites is 1. The second-order valence-corrected chi connectivity index (χ2v) is 18.3. The molecule has 52 heavy (non-hydrogen) atoms. The summed E-state index contributed by atoms with van der Waals surface area (Å²) in [5, 5.41) is 5.02. The van der Waals surface area contributed by atoms with Crippen molar-refractivity contribution in [2.75, 3.05) is 0 Å². The lowest BCUT2D eigenvalue weighted by Crippen LogP contribution is -2.49. The zero-order valence-electron chi connectivity index (χ0n) is 28.8. The molecule has 0 saturated heterocycles. The van der Waals surface area contributed by atoms with Crippen LogP contribution in [0.3, 0.4) is 0 Å². The van der Waals surface area contributed by atoms with Crippen molar-refractivity contribution in [2.24, 2.45) is 0 Å². The highest BCUT2D eigenvalue weighted by atomic mass is 28.3. The van der Waals surface area contributed by atoms with Gasteiger partial charge in [0, 0.05) is 33.0 Å². The average molecular weight is 684 g/mol. The Labute approximate surface area is 303 Å². The molecule has 0 spiro atoms. The van der Waals surface area contributed by atoms with Crippen LogP contribution in [-0.2, 0) is 0 Å². The van der Waals surface area contributed by atoms with Gasteiger partial charge in [-0.2, -0.15) is 0 Å². The van der Waals surface area contributed by atoms with Crippen LogP contribution in [0.15, 0.2) is 168 Å². The highest BCUT2D eigenvalue weighted by Crippen LogP contribution is 2.42. The molecule has 0 bridgehead atoms. The second-order valence-electron chi connectivity index (χ2n) is 14.0. The minimum absolute atomic E-state index is 0.609. The van der Waals surface area contributed by atoms with E-state index in [9.17, 15) is 0 Å². The van der Waals surface area contributed by atoms with E-state index in [1.54, 1.807) is 0 Å². The maximum absolute atomic E-state index is 6.60. The Balaban J connectivity index is 1.17. The Bertz CT molecular complexity index is 2810. The van der Waals surface area contributed by atoms with Gasteiger partial charge in [-0.25, -0.2) is 15.0 Å². The summed E-state index contributed by atoms with van der Waals surface area (Å²) in [7, 11) is -2.05. The Hall–Kier alpha value is -6.43. The minimum Gasteiger partial charge on any atom is -0.455 e. The third kappa shape index (κ3) is 4.85. The van der Waals surface area contributed by atoms with Gasteiger partial charge in [-0.1, -0.05) is 159 Å². The van der Waals surface area contributed by atoms with Crippen LogP contribution in [0.4, 0.5) is 0 Å². The van der Waals surface area contributed by atoms with Crippen molar-refractivity contribution in [3.05, 3.63) is 164 Å². The Morgan fingerprint density at radius 2 is 0.923 bits per heavy atom. The van der Waals surface area contributed by atoms with Gasteiger partial charge in [0.15, 0.2) is 17.5 Å². The SMILES string of the molecule is C[Si]1(C)c2cc(-c3ccccc3)ccc2-c2ccc(-c3nc(-c4ccccc4)nc(-c4ccc5c(oc6ccccc65)c4-c4ccccc4)n3)cc21. The third-order valence-corrected chi connectivity index (χ3v) is 14.1. The first-order chi connectivity index (χ1) is 25.5. The van der Waals surface area contributed by atoms with E-state index in [1.165, 1.54) is 32.6 Å². The Kier molecular flexibility index (Phi) is 6.91. The molecule has 7 aromatic carbocycles. The summed E-state index contributed by atoms with van der Waals surface area (Å²) in [4.78, 5) is 15.6. The number of hydrogen-bond donors (Lipinski definition) is 0. The van der Waals surface area contributed by atoms with Crippen molar-refractivity contribution in [3.63, 3.8) is 0 Å². The molecule has 0 N–H and O–H groups in total. The molecule has 246 valence electrons. The average Bonchev–Trinajstić information content (AvgIpc) is 3.69. The summed E-state index contributed by atoms with van der Waals surface area (Å²) < 4.78 is 6.60. The van der Waals surface area contributed by atoms with Gasteiger partial charge in [0.1, 0.15) is 19.2 Å².